The second-order valence-electron chi connectivity index (χ2n) is 6.57. The Hall–Kier alpha value is -2.79. The van der Waals surface area contributed by atoms with Gasteiger partial charge in [-0.1, -0.05) is 30.3 Å². The van der Waals surface area contributed by atoms with Crippen molar-refractivity contribution in [2.75, 3.05) is 40.4 Å². The molecule has 0 unspecified atom stereocenters. The molecule has 1 aliphatic rings. The Morgan fingerprint density at radius 2 is 1.59 bits per heavy atom. The first-order valence-corrected chi connectivity index (χ1v) is 9.14. The summed E-state index contributed by atoms with van der Waals surface area (Å²) in [6, 6.07) is 16.0. The van der Waals surface area contributed by atoms with Crippen LogP contribution in [0.25, 0.3) is 6.08 Å². The lowest BCUT2D eigenvalue weighted by molar-refractivity contribution is -0.127. The van der Waals surface area contributed by atoms with E-state index in [0.29, 0.717) is 11.5 Å². The highest BCUT2D eigenvalue weighted by Crippen LogP contribution is 2.23. The van der Waals surface area contributed by atoms with E-state index in [9.17, 15) is 4.79 Å². The summed E-state index contributed by atoms with van der Waals surface area (Å²) in [5.74, 6) is 1.45. The topological polar surface area (TPSA) is 42.0 Å². The van der Waals surface area contributed by atoms with Crippen molar-refractivity contribution >= 4 is 12.0 Å². The third-order valence-corrected chi connectivity index (χ3v) is 4.73. The molecule has 5 nitrogen and oxygen atoms in total. The first kappa shape index (κ1) is 19.0. The minimum atomic E-state index is 0.0381. The van der Waals surface area contributed by atoms with Crippen LogP contribution in [0.2, 0.25) is 0 Å². The highest BCUT2D eigenvalue weighted by molar-refractivity contribution is 5.92. The third kappa shape index (κ3) is 5.34. The minimum absolute atomic E-state index is 0.0381. The van der Waals surface area contributed by atoms with Crippen molar-refractivity contribution in [1.82, 2.24) is 9.80 Å². The molecule has 0 N–H and O–H groups in total. The number of piperazine rings is 1. The van der Waals surface area contributed by atoms with Gasteiger partial charge in [0.1, 0.15) is 11.5 Å². The molecule has 1 amide bonds. The maximum atomic E-state index is 12.5. The SMILES string of the molecule is COc1cc(/C=C/C(=O)N2CCN(Cc3ccccc3)CC2)cc(OC)c1. The highest BCUT2D eigenvalue weighted by atomic mass is 16.5. The molecule has 142 valence electrons. The largest absolute Gasteiger partial charge is 0.497 e. The molecule has 0 bridgehead atoms. The van der Waals surface area contributed by atoms with E-state index >= 15 is 0 Å². The number of nitrogens with zero attached hydrogens (tertiary/aromatic N) is 2. The molecule has 0 spiro atoms. The van der Waals surface area contributed by atoms with Gasteiger partial charge in [-0.3, -0.25) is 9.69 Å². The molecule has 1 saturated heterocycles. The summed E-state index contributed by atoms with van der Waals surface area (Å²) in [6.07, 6.45) is 3.44. The normalized spacial score (nSPS) is 15.1. The smallest absolute Gasteiger partial charge is 0.246 e. The molecule has 5 heteroatoms. The fourth-order valence-electron chi connectivity index (χ4n) is 3.17. The average molecular weight is 366 g/mol. The number of ether oxygens (including phenoxy) is 2. The molecule has 0 atom stereocenters. The second-order valence-corrected chi connectivity index (χ2v) is 6.57. The van der Waals surface area contributed by atoms with E-state index in [1.807, 2.05) is 35.2 Å². The molecule has 1 aliphatic heterocycles. The number of carbonyl (C=O) groups is 1. The predicted molar refractivity (Wildman–Crippen MR) is 107 cm³/mol. The van der Waals surface area contributed by atoms with Gasteiger partial charge >= 0.3 is 0 Å². The van der Waals surface area contributed by atoms with Crippen LogP contribution >= 0.6 is 0 Å². The number of hydrogen-bond acceptors (Lipinski definition) is 4. The number of methoxy groups -OCH3 is 2. The van der Waals surface area contributed by atoms with Crippen molar-refractivity contribution in [3.8, 4) is 11.5 Å². The molecule has 2 aromatic rings. The quantitative estimate of drug-likeness (QED) is 0.737. The van der Waals surface area contributed by atoms with Gasteiger partial charge in [0.05, 0.1) is 14.2 Å². The van der Waals surface area contributed by atoms with E-state index in [1.54, 1.807) is 20.3 Å². The van der Waals surface area contributed by atoms with Crippen molar-refractivity contribution in [1.29, 1.82) is 0 Å². The van der Waals surface area contributed by atoms with Crippen LogP contribution in [0.15, 0.2) is 54.6 Å². The molecule has 1 fully saturated rings. The molecule has 0 saturated carbocycles. The van der Waals surface area contributed by atoms with Crippen LogP contribution in [0, 0.1) is 0 Å². The average Bonchev–Trinajstić information content (AvgIpc) is 2.73. The molecule has 1 heterocycles. The van der Waals surface area contributed by atoms with Gasteiger partial charge in [-0.25, -0.2) is 0 Å². The Balaban J connectivity index is 1.54. The van der Waals surface area contributed by atoms with E-state index in [-0.39, 0.29) is 5.91 Å². The van der Waals surface area contributed by atoms with Crippen LogP contribution in [0.4, 0.5) is 0 Å². The highest BCUT2D eigenvalue weighted by Gasteiger charge is 2.19. The van der Waals surface area contributed by atoms with Crippen molar-refractivity contribution in [3.63, 3.8) is 0 Å². The predicted octanol–water partition coefficient (Wildman–Crippen LogP) is 3.06. The van der Waals surface area contributed by atoms with Crippen molar-refractivity contribution < 1.29 is 14.3 Å². The van der Waals surface area contributed by atoms with E-state index < -0.39 is 0 Å². The Morgan fingerprint density at radius 3 is 2.19 bits per heavy atom. The summed E-state index contributed by atoms with van der Waals surface area (Å²) in [5.41, 5.74) is 2.19. The van der Waals surface area contributed by atoms with Gasteiger partial charge in [0, 0.05) is 44.9 Å². The zero-order chi connectivity index (χ0) is 19.1. The van der Waals surface area contributed by atoms with Gasteiger partial charge in [0.15, 0.2) is 0 Å². The lowest BCUT2D eigenvalue weighted by Crippen LogP contribution is -2.47. The molecule has 0 radical (unpaired) electrons. The number of amides is 1. The van der Waals surface area contributed by atoms with Crippen molar-refractivity contribution in [2.45, 2.75) is 6.54 Å². The van der Waals surface area contributed by atoms with E-state index in [2.05, 4.69) is 29.2 Å². The number of carbonyl (C=O) groups excluding carboxylic acids is 1. The lowest BCUT2D eigenvalue weighted by atomic mass is 10.1. The summed E-state index contributed by atoms with van der Waals surface area (Å²) >= 11 is 0. The van der Waals surface area contributed by atoms with Crippen LogP contribution in [0.3, 0.4) is 0 Å². The number of benzene rings is 2. The molecule has 2 aromatic carbocycles. The molecule has 27 heavy (non-hydrogen) atoms. The van der Waals surface area contributed by atoms with Crippen LogP contribution < -0.4 is 9.47 Å². The summed E-state index contributed by atoms with van der Waals surface area (Å²) in [5, 5.41) is 0. The van der Waals surface area contributed by atoms with E-state index in [4.69, 9.17) is 9.47 Å². The Bertz CT molecular complexity index is 759. The maximum Gasteiger partial charge on any atom is 0.246 e. The summed E-state index contributed by atoms with van der Waals surface area (Å²) < 4.78 is 10.5. The van der Waals surface area contributed by atoms with Gasteiger partial charge in [-0.2, -0.15) is 0 Å². The van der Waals surface area contributed by atoms with Crippen molar-refractivity contribution in [3.05, 3.63) is 65.7 Å². The minimum Gasteiger partial charge on any atom is -0.497 e. The molecule has 0 aliphatic carbocycles. The number of rotatable bonds is 6. The van der Waals surface area contributed by atoms with E-state index in [1.165, 1.54) is 5.56 Å². The standard InChI is InChI=1S/C22H26N2O3/c1-26-20-14-19(15-21(16-20)27-2)8-9-22(25)24-12-10-23(11-13-24)17-18-6-4-3-5-7-18/h3-9,14-16H,10-13,17H2,1-2H3/b9-8+. The monoisotopic (exact) mass is 366 g/mol. The Kier molecular flexibility index (Phi) is 6.49. The second kappa shape index (κ2) is 9.24. The molecular formula is C22H26N2O3. The van der Waals surface area contributed by atoms with Gasteiger partial charge in [-0.15, -0.1) is 0 Å². The fraction of sp³-hybridized carbons (Fsp3) is 0.318. The van der Waals surface area contributed by atoms with Crippen molar-refractivity contribution in [2.24, 2.45) is 0 Å². The van der Waals surface area contributed by atoms with Crippen LogP contribution in [0.1, 0.15) is 11.1 Å². The molecule has 0 aromatic heterocycles. The zero-order valence-electron chi connectivity index (χ0n) is 15.9. The molecular weight excluding hydrogens is 340 g/mol. The maximum absolute atomic E-state index is 12.5. The van der Waals surface area contributed by atoms with Gasteiger partial charge < -0.3 is 14.4 Å². The van der Waals surface area contributed by atoms with Crippen LogP contribution in [-0.2, 0) is 11.3 Å². The summed E-state index contributed by atoms with van der Waals surface area (Å²) in [4.78, 5) is 16.8. The Labute approximate surface area is 160 Å². The fourth-order valence-corrected chi connectivity index (χ4v) is 3.17. The first-order valence-electron chi connectivity index (χ1n) is 9.14. The van der Waals surface area contributed by atoms with Gasteiger partial charge in [0.25, 0.3) is 0 Å². The zero-order valence-corrected chi connectivity index (χ0v) is 15.9. The summed E-state index contributed by atoms with van der Waals surface area (Å²) in [6.45, 7) is 4.21. The third-order valence-electron chi connectivity index (χ3n) is 4.73. The summed E-state index contributed by atoms with van der Waals surface area (Å²) in [7, 11) is 3.23. The van der Waals surface area contributed by atoms with Gasteiger partial charge in [0.2, 0.25) is 5.91 Å². The Morgan fingerprint density at radius 1 is 0.963 bits per heavy atom. The van der Waals surface area contributed by atoms with Crippen LogP contribution in [0.5, 0.6) is 11.5 Å². The van der Waals surface area contributed by atoms with Crippen LogP contribution in [-0.4, -0.2) is 56.1 Å². The number of hydrogen-bond donors (Lipinski definition) is 0. The lowest BCUT2D eigenvalue weighted by Gasteiger charge is -2.34. The first-order chi connectivity index (χ1) is 13.2. The molecule has 3 rings (SSSR count). The van der Waals surface area contributed by atoms with Gasteiger partial charge in [-0.05, 0) is 29.3 Å². The van der Waals surface area contributed by atoms with E-state index in [0.717, 1.165) is 38.3 Å².